The number of imidazole rings is 1. The number of fused-ring (bicyclic) bond motifs is 1. The molecule has 0 bridgehead atoms. The van der Waals surface area contributed by atoms with Crippen LogP contribution in [0.4, 0.5) is 0 Å². The second-order valence-electron chi connectivity index (χ2n) is 6.91. The number of aromatic nitrogens is 3. The number of rotatable bonds is 11. The highest BCUT2D eigenvalue weighted by molar-refractivity contribution is 8.76. The largest absolute Gasteiger partial charge is 0.497 e. The fraction of sp³-hybridized carbons (Fsp3) is 0.455. The van der Waals surface area contributed by atoms with Gasteiger partial charge in [-0.15, -0.1) is 0 Å². The lowest BCUT2D eigenvalue weighted by atomic mass is 10.2. The lowest BCUT2D eigenvalue weighted by Gasteiger charge is -2.12. The predicted molar refractivity (Wildman–Crippen MR) is 123 cm³/mol. The van der Waals surface area contributed by atoms with Crippen molar-refractivity contribution in [3.05, 3.63) is 41.7 Å². The average molecular weight is 433 g/mol. The molecule has 0 radical (unpaired) electrons. The Morgan fingerprint density at radius 1 is 1.07 bits per heavy atom. The predicted octanol–water partition coefficient (Wildman–Crippen LogP) is 5.63. The van der Waals surface area contributed by atoms with Gasteiger partial charge < -0.3 is 9.47 Å². The standard InChI is InChI=1S/C22H30N3O2S2/c1-5-6-7-8-13-28-29-15-20-16(2)21(27-4)11-12-25(20)22-23-18-10-9-17(26-3)14-19(18)24-22/h9-12,14H,5-8,13,15H2,1-4H3,(H,23,24)/q+1. The molecule has 7 heteroatoms. The number of benzene rings is 1. The van der Waals surface area contributed by atoms with Gasteiger partial charge in [0, 0.05) is 23.4 Å². The Hall–Kier alpha value is -1.86. The quantitative estimate of drug-likeness (QED) is 0.242. The maximum absolute atomic E-state index is 5.56. The van der Waals surface area contributed by atoms with Gasteiger partial charge >= 0.3 is 5.95 Å². The summed E-state index contributed by atoms with van der Waals surface area (Å²) in [4.78, 5) is 8.22. The number of aromatic amines is 1. The molecule has 156 valence electrons. The van der Waals surface area contributed by atoms with Gasteiger partial charge in [0.25, 0.3) is 0 Å². The van der Waals surface area contributed by atoms with E-state index in [0.29, 0.717) is 0 Å². The van der Waals surface area contributed by atoms with Crippen molar-refractivity contribution in [3.8, 4) is 17.4 Å². The lowest BCUT2D eigenvalue weighted by Crippen LogP contribution is -2.37. The molecule has 0 amide bonds. The molecule has 0 atom stereocenters. The summed E-state index contributed by atoms with van der Waals surface area (Å²) in [6.45, 7) is 4.36. The van der Waals surface area contributed by atoms with Crippen LogP contribution in [0.1, 0.15) is 43.9 Å². The molecule has 0 aliphatic carbocycles. The Balaban J connectivity index is 1.82. The number of pyridine rings is 1. The molecule has 0 aliphatic heterocycles. The summed E-state index contributed by atoms with van der Waals surface area (Å²) in [6, 6.07) is 7.88. The van der Waals surface area contributed by atoms with E-state index >= 15 is 0 Å². The Kier molecular flexibility index (Phi) is 8.12. The molecule has 0 saturated heterocycles. The minimum Gasteiger partial charge on any atom is -0.497 e. The van der Waals surface area contributed by atoms with E-state index in [-0.39, 0.29) is 0 Å². The molecule has 0 saturated carbocycles. The maximum Gasteiger partial charge on any atom is 0.402 e. The van der Waals surface area contributed by atoms with Gasteiger partial charge in [-0.2, -0.15) is 0 Å². The van der Waals surface area contributed by atoms with Gasteiger partial charge in [0.1, 0.15) is 22.7 Å². The molecule has 0 unspecified atom stereocenters. The summed E-state index contributed by atoms with van der Waals surface area (Å²) < 4.78 is 13.0. The van der Waals surface area contributed by atoms with Crippen LogP contribution in [0.5, 0.6) is 11.5 Å². The Morgan fingerprint density at radius 2 is 1.93 bits per heavy atom. The molecule has 0 aliphatic rings. The van der Waals surface area contributed by atoms with Crippen molar-refractivity contribution in [2.45, 2.75) is 45.3 Å². The number of hydrogen-bond acceptors (Lipinski definition) is 5. The summed E-state index contributed by atoms with van der Waals surface area (Å²) in [5.41, 5.74) is 4.23. The van der Waals surface area contributed by atoms with E-state index in [1.165, 1.54) is 37.1 Å². The normalized spacial score (nSPS) is 11.2. The van der Waals surface area contributed by atoms with E-state index < -0.39 is 0 Å². The number of H-pyrrole nitrogens is 1. The number of unbranched alkanes of at least 4 members (excludes halogenated alkanes) is 3. The minimum atomic E-state index is 0.808. The Morgan fingerprint density at radius 3 is 2.69 bits per heavy atom. The van der Waals surface area contributed by atoms with E-state index in [4.69, 9.17) is 14.5 Å². The van der Waals surface area contributed by atoms with Crippen molar-refractivity contribution >= 4 is 32.6 Å². The van der Waals surface area contributed by atoms with Gasteiger partial charge in [-0.05, 0) is 25.5 Å². The molecule has 1 N–H and O–H groups in total. The van der Waals surface area contributed by atoms with Crippen LogP contribution < -0.4 is 14.0 Å². The number of nitrogens with zero attached hydrogens (tertiary/aromatic N) is 2. The number of nitrogens with one attached hydrogen (secondary N) is 1. The van der Waals surface area contributed by atoms with E-state index in [0.717, 1.165) is 39.8 Å². The first-order valence-electron chi connectivity index (χ1n) is 10.0. The summed E-state index contributed by atoms with van der Waals surface area (Å²) in [6.07, 6.45) is 7.25. The summed E-state index contributed by atoms with van der Waals surface area (Å²) in [5.74, 6) is 4.61. The fourth-order valence-corrected chi connectivity index (χ4v) is 5.52. The van der Waals surface area contributed by atoms with Crippen molar-refractivity contribution in [3.63, 3.8) is 0 Å². The first kappa shape index (κ1) is 21.8. The second kappa shape index (κ2) is 10.8. The molecular formula is C22H30N3O2S2+. The SMILES string of the molecule is CCCCCCSSCc1c(C)c(OC)cc[n+]1-c1nc2ccc(OC)cc2[nH]1. The minimum absolute atomic E-state index is 0.808. The topological polar surface area (TPSA) is 51.0 Å². The molecule has 29 heavy (non-hydrogen) atoms. The van der Waals surface area contributed by atoms with E-state index in [1.54, 1.807) is 14.2 Å². The molecule has 1 aromatic carbocycles. The zero-order chi connectivity index (χ0) is 20.6. The van der Waals surface area contributed by atoms with Crippen LogP contribution in [-0.2, 0) is 5.75 Å². The van der Waals surface area contributed by atoms with Crippen molar-refractivity contribution in [1.82, 2.24) is 9.97 Å². The van der Waals surface area contributed by atoms with Gasteiger partial charge in [0.05, 0.1) is 26.2 Å². The van der Waals surface area contributed by atoms with Crippen LogP contribution in [0.25, 0.3) is 17.0 Å². The molecule has 3 rings (SSSR count). The first-order chi connectivity index (χ1) is 14.2. The van der Waals surface area contributed by atoms with Crippen LogP contribution in [0.15, 0.2) is 30.5 Å². The third kappa shape index (κ3) is 5.39. The van der Waals surface area contributed by atoms with Crippen LogP contribution in [0.3, 0.4) is 0 Å². The molecule has 0 spiro atoms. The molecule has 5 nitrogen and oxygen atoms in total. The van der Waals surface area contributed by atoms with Crippen LogP contribution in [0, 0.1) is 6.92 Å². The number of hydrogen-bond donors (Lipinski definition) is 1. The van der Waals surface area contributed by atoms with Crippen molar-refractivity contribution in [1.29, 1.82) is 0 Å². The van der Waals surface area contributed by atoms with Gasteiger partial charge in [-0.25, -0.2) is 9.55 Å². The van der Waals surface area contributed by atoms with Gasteiger partial charge in [0.2, 0.25) is 0 Å². The Bertz CT molecular complexity index is 943. The van der Waals surface area contributed by atoms with E-state index in [1.807, 2.05) is 52.1 Å². The highest BCUT2D eigenvalue weighted by Crippen LogP contribution is 2.30. The Labute approximate surface area is 181 Å². The van der Waals surface area contributed by atoms with Crippen LogP contribution in [0.2, 0.25) is 0 Å². The zero-order valence-corrected chi connectivity index (χ0v) is 19.3. The van der Waals surface area contributed by atoms with Crippen molar-refractivity contribution in [2.24, 2.45) is 0 Å². The summed E-state index contributed by atoms with van der Waals surface area (Å²) in [5, 5.41) is 0. The maximum atomic E-state index is 5.56. The molecule has 2 heterocycles. The molecule has 2 aromatic heterocycles. The zero-order valence-electron chi connectivity index (χ0n) is 17.7. The van der Waals surface area contributed by atoms with Crippen LogP contribution >= 0.6 is 21.6 Å². The van der Waals surface area contributed by atoms with Crippen molar-refractivity contribution in [2.75, 3.05) is 20.0 Å². The third-order valence-electron chi connectivity index (χ3n) is 4.95. The van der Waals surface area contributed by atoms with Gasteiger partial charge in [-0.3, -0.25) is 0 Å². The highest BCUT2D eigenvalue weighted by Gasteiger charge is 2.21. The van der Waals surface area contributed by atoms with Gasteiger partial charge in [0.15, 0.2) is 5.52 Å². The van der Waals surface area contributed by atoms with Gasteiger partial charge in [-0.1, -0.05) is 52.8 Å². The fourth-order valence-electron chi connectivity index (χ4n) is 3.24. The summed E-state index contributed by atoms with van der Waals surface area (Å²) in [7, 11) is 7.25. The molecular weight excluding hydrogens is 402 g/mol. The smallest absolute Gasteiger partial charge is 0.402 e. The van der Waals surface area contributed by atoms with E-state index in [9.17, 15) is 0 Å². The van der Waals surface area contributed by atoms with E-state index in [2.05, 4.69) is 23.4 Å². The monoisotopic (exact) mass is 432 g/mol. The summed E-state index contributed by atoms with van der Waals surface area (Å²) >= 11 is 0. The first-order valence-corrected chi connectivity index (χ1v) is 12.5. The lowest BCUT2D eigenvalue weighted by molar-refractivity contribution is -0.610. The van der Waals surface area contributed by atoms with Crippen LogP contribution in [-0.4, -0.2) is 29.9 Å². The third-order valence-corrected chi connectivity index (χ3v) is 7.32. The molecule has 0 fully saturated rings. The molecule has 3 aromatic rings. The number of methoxy groups -OCH3 is 2. The van der Waals surface area contributed by atoms with Crippen molar-refractivity contribution < 1.29 is 14.0 Å². The number of ether oxygens (including phenoxy) is 2. The highest BCUT2D eigenvalue weighted by atomic mass is 33.1. The average Bonchev–Trinajstić information content (AvgIpc) is 3.16. The second-order valence-corrected chi connectivity index (χ2v) is 9.50.